The lowest BCUT2D eigenvalue weighted by molar-refractivity contribution is 0.393. The Morgan fingerprint density at radius 2 is 2.19 bits per heavy atom. The fourth-order valence-corrected chi connectivity index (χ4v) is 4.49. The number of rotatable bonds is 3. The third kappa shape index (κ3) is 2.19. The third-order valence-electron chi connectivity index (χ3n) is 3.97. The molecule has 2 N–H and O–H groups in total. The minimum Gasteiger partial charge on any atom is -0.408 e. The fourth-order valence-electron chi connectivity index (χ4n) is 2.77. The maximum Gasteiger partial charge on any atom is 0.419 e. The summed E-state index contributed by atoms with van der Waals surface area (Å²) in [6, 6.07) is 4.32. The number of fused-ring (bicyclic) bond motifs is 1. The molecular formula is C13H17N3O4S. The number of hydrogen-bond acceptors (Lipinski definition) is 5. The van der Waals surface area contributed by atoms with Crippen molar-refractivity contribution in [3.8, 4) is 0 Å². The van der Waals surface area contributed by atoms with Crippen LogP contribution < -0.4 is 11.5 Å². The molecule has 0 bridgehead atoms. The number of aromatic nitrogens is 1. The first kappa shape index (κ1) is 14.3. The van der Waals surface area contributed by atoms with Crippen LogP contribution in [0.3, 0.4) is 0 Å². The van der Waals surface area contributed by atoms with Crippen LogP contribution in [0, 0.1) is 0 Å². The topological polar surface area (TPSA) is 98.5 Å². The molecule has 1 saturated heterocycles. The Kier molecular flexibility index (Phi) is 3.39. The Balaban J connectivity index is 2.09. The Labute approximate surface area is 122 Å². The smallest absolute Gasteiger partial charge is 0.408 e. The van der Waals surface area contributed by atoms with Crippen LogP contribution >= 0.6 is 0 Å². The molecule has 0 spiro atoms. The number of nitrogens with two attached hydrogens (primary N) is 1. The Bertz CT molecular complexity index is 837. The van der Waals surface area contributed by atoms with Crippen LogP contribution in [-0.4, -0.2) is 36.4 Å². The van der Waals surface area contributed by atoms with Gasteiger partial charge in [0.15, 0.2) is 5.58 Å². The van der Waals surface area contributed by atoms with Crippen molar-refractivity contribution < 1.29 is 12.8 Å². The SMILES string of the molecule is Cn1c(=O)oc2cc(S(=O)(=O)N3CCCC3CN)ccc21. The highest BCUT2D eigenvalue weighted by Crippen LogP contribution is 2.27. The fraction of sp³-hybridized carbons (Fsp3) is 0.462. The molecule has 7 nitrogen and oxygen atoms in total. The number of hydrogen-bond donors (Lipinski definition) is 1. The minimum atomic E-state index is -3.61. The molecule has 3 rings (SSSR count). The van der Waals surface area contributed by atoms with Crippen molar-refractivity contribution in [3.63, 3.8) is 0 Å². The summed E-state index contributed by atoms with van der Waals surface area (Å²) in [6.45, 7) is 0.781. The monoisotopic (exact) mass is 311 g/mol. The van der Waals surface area contributed by atoms with Gasteiger partial charge in [0.1, 0.15) is 0 Å². The molecule has 1 unspecified atom stereocenters. The van der Waals surface area contributed by atoms with E-state index in [1.54, 1.807) is 13.1 Å². The molecular weight excluding hydrogens is 294 g/mol. The highest BCUT2D eigenvalue weighted by atomic mass is 32.2. The molecule has 1 aromatic carbocycles. The van der Waals surface area contributed by atoms with Gasteiger partial charge in [0.2, 0.25) is 10.0 Å². The molecule has 0 amide bonds. The summed E-state index contributed by atoms with van der Waals surface area (Å²) in [5, 5.41) is 0. The summed E-state index contributed by atoms with van der Waals surface area (Å²) < 4.78 is 33.2. The normalized spacial score (nSPS) is 20.4. The van der Waals surface area contributed by atoms with E-state index < -0.39 is 15.8 Å². The summed E-state index contributed by atoms with van der Waals surface area (Å²) in [6.07, 6.45) is 1.59. The molecule has 2 aromatic rings. The van der Waals surface area contributed by atoms with Gasteiger partial charge in [-0.1, -0.05) is 0 Å². The largest absolute Gasteiger partial charge is 0.419 e. The molecule has 114 valence electrons. The van der Waals surface area contributed by atoms with E-state index in [1.807, 2.05) is 0 Å². The van der Waals surface area contributed by atoms with Crippen molar-refractivity contribution in [1.29, 1.82) is 0 Å². The predicted octanol–water partition coefficient (Wildman–Crippen LogP) is 0.243. The van der Waals surface area contributed by atoms with Gasteiger partial charge in [-0.25, -0.2) is 13.2 Å². The highest BCUT2D eigenvalue weighted by Gasteiger charge is 2.34. The molecule has 2 heterocycles. The molecule has 0 aliphatic carbocycles. The standard InChI is InChI=1S/C13H17N3O4S/c1-15-11-5-4-10(7-12(11)20-13(15)17)21(18,19)16-6-2-3-9(16)8-14/h4-5,7,9H,2-3,6,8,14H2,1H3. The number of sulfonamides is 1. The van der Waals surface area contributed by atoms with Crippen LogP contribution in [0.2, 0.25) is 0 Å². The highest BCUT2D eigenvalue weighted by molar-refractivity contribution is 7.89. The molecule has 1 fully saturated rings. The van der Waals surface area contributed by atoms with Crippen LogP contribution in [0.25, 0.3) is 11.1 Å². The minimum absolute atomic E-state index is 0.129. The van der Waals surface area contributed by atoms with Crippen LogP contribution in [0.15, 0.2) is 32.3 Å². The molecule has 1 atom stereocenters. The van der Waals surface area contributed by atoms with Crippen LogP contribution in [0.1, 0.15) is 12.8 Å². The average molecular weight is 311 g/mol. The van der Waals surface area contributed by atoms with Gasteiger partial charge in [0.05, 0.1) is 10.4 Å². The van der Waals surface area contributed by atoms with Crippen LogP contribution in [0.5, 0.6) is 0 Å². The van der Waals surface area contributed by atoms with Crippen LogP contribution in [-0.2, 0) is 17.1 Å². The lowest BCUT2D eigenvalue weighted by atomic mass is 10.2. The lowest BCUT2D eigenvalue weighted by Crippen LogP contribution is -2.39. The number of nitrogens with zero attached hydrogens (tertiary/aromatic N) is 2. The van der Waals surface area contributed by atoms with Gasteiger partial charge in [0, 0.05) is 32.2 Å². The summed E-state index contributed by atoms with van der Waals surface area (Å²) in [4.78, 5) is 11.6. The van der Waals surface area contributed by atoms with Gasteiger partial charge in [-0.2, -0.15) is 4.31 Å². The van der Waals surface area contributed by atoms with Crippen molar-refractivity contribution in [2.24, 2.45) is 12.8 Å². The van der Waals surface area contributed by atoms with Gasteiger partial charge >= 0.3 is 5.76 Å². The average Bonchev–Trinajstić information content (AvgIpc) is 3.04. The third-order valence-corrected chi connectivity index (χ3v) is 5.91. The van der Waals surface area contributed by atoms with Crippen molar-refractivity contribution in [2.75, 3.05) is 13.1 Å². The first-order valence-electron chi connectivity index (χ1n) is 6.76. The molecule has 0 radical (unpaired) electrons. The zero-order chi connectivity index (χ0) is 15.2. The predicted molar refractivity (Wildman–Crippen MR) is 77.4 cm³/mol. The van der Waals surface area contributed by atoms with E-state index in [0.717, 1.165) is 12.8 Å². The maximum absolute atomic E-state index is 12.7. The van der Waals surface area contributed by atoms with Crippen molar-refractivity contribution in [3.05, 3.63) is 28.7 Å². The van der Waals surface area contributed by atoms with Crippen molar-refractivity contribution >= 4 is 21.1 Å². The summed E-state index contributed by atoms with van der Waals surface area (Å²) in [5.74, 6) is -0.513. The van der Waals surface area contributed by atoms with Crippen molar-refractivity contribution in [1.82, 2.24) is 8.87 Å². The van der Waals surface area contributed by atoms with Crippen LogP contribution in [0.4, 0.5) is 0 Å². The summed E-state index contributed by atoms with van der Waals surface area (Å²) in [5.41, 5.74) is 6.48. The van der Waals surface area contributed by atoms with E-state index in [0.29, 0.717) is 18.6 Å². The number of benzene rings is 1. The Morgan fingerprint density at radius 1 is 1.43 bits per heavy atom. The van der Waals surface area contributed by atoms with E-state index in [4.69, 9.17) is 10.2 Å². The zero-order valence-electron chi connectivity index (χ0n) is 11.7. The van der Waals surface area contributed by atoms with Crippen molar-refractivity contribution in [2.45, 2.75) is 23.8 Å². The van der Waals surface area contributed by atoms with E-state index in [2.05, 4.69) is 0 Å². The quantitative estimate of drug-likeness (QED) is 0.875. The Morgan fingerprint density at radius 3 is 2.90 bits per heavy atom. The Hall–Kier alpha value is -1.64. The first-order valence-corrected chi connectivity index (χ1v) is 8.20. The number of oxazole rings is 1. The second-order valence-corrected chi connectivity index (χ2v) is 7.09. The van der Waals surface area contributed by atoms with Gasteiger partial charge in [-0.3, -0.25) is 4.57 Å². The molecule has 21 heavy (non-hydrogen) atoms. The second-order valence-electron chi connectivity index (χ2n) is 5.20. The van der Waals surface area contributed by atoms with E-state index in [-0.39, 0.29) is 16.5 Å². The van der Waals surface area contributed by atoms with E-state index in [9.17, 15) is 13.2 Å². The van der Waals surface area contributed by atoms with Gasteiger partial charge in [0.25, 0.3) is 0 Å². The van der Waals surface area contributed by atoms with E-state index >= 15 is 0 Å². The van der Waals surface area contributed by atoms with Gasteiger partial charge in [-0.15, -0.1) is 0 Å². The molecule has 8 heteroatoms. The number of aryl methyl sites for hydroxylation is 1. The first-order chi connectivity index (χ1) is 9.95. The van der Waals surface area contributed by atoms with Gasteiger partial charge in [-0.05, 0) is 25.0 Å². The molecule has 1 aliphatic heterocycles. The lowest BCUT2D eigenvalue weighted by Gasteiger charge is -2.22. The molecule has 1 aliphatic rings. The summed E-state index contributed by atoms with van der Waals surface area (Å²) >= 11 is 0. The van der Waals surface area contributed by atoms with Gasteiger partial charge < -0.3 is 10.2 Å². The molecule has 0 saturated carbocycles. The molecule has 1 aromatic heterocycles. The maximum atomic E-state index is 12.7. The second kappa shape index (κ2) is 4.97. The summed E-state index contributed by atoms with van der Waals surface area (Å²) in [7, 11) is -2.04. The van der Waals surface area contributed by atoms with E-state index in [1.165, 1.54) is 21.0 Å². The zero-order valence-corrected chi connectivity index (χ0v) is 12.5.